The zero-order valence-corrected chi connectivity index (χ0v) is 14.4. The Morgan fingerprint density at radius 2 is 2.08 bits per heavy atom. The van der Waals surface area contributed by atoms with E-state index in [0.29, 0.717) is 5.92 Å². The molecule has 1 aromatic carbocycles. The number of hydrogen-bond donors (Lipinski definition) is 2. The molecule has 0 bridgehead atoms. The summed E-state index contributed by atoms with van der Waals surface area (Å²) in [6.07, 6.45) is 8.36. The highest BCUT2D eigenvalue weighted by Gasteiger charge is 2.23. The summed E-state index contributed by atoms with van der Waals surface area (Å²) in [5, 5.41) is 14.5. The van der Waals surface area contributed by atoms with Gasteiger partial charge in [-0.3, -0.25) is 15.1 Å². The van der Waals surface area contributed by atoms with Gasteiger partial charge in [-0.05, 0) is 55.1 Å². The first kappa shape index (κ1) is 15.9. The number of nitrogens with one attached hydrogen (secondary N) is 2. The van der Waals surface area contributed by atoms with E-state index in [1.165, 1.54) is 24.0 Å². The number of ether oxygens (including phenoxy) is 1. The van der Waals surface area contributed by atoms with Crippen molar-refractivity contribution >= 4 is 0 Å². The highest BCUT2D eigenvalue weighted by Crippen LogP contribution is 2.29. The molecule has 0 spiro atoms. The van der Waals surface area contributed by atoms with Gasteiger partial charge in [-0.15, -0.1) is 0 Å². The van der Waals surface area contributed by atoms with Gasteiger partial charge in [-0.1, -0.05) is 0 Å². The van der Waals surface area contributed by atoms with Crippen molar-refractivity contribution in [1.29, 1.82) is 0 Å². The highest BCUT2D eigenvalue weighted by atomic mass is 16.5. The third kappa shape index (κ3) is 3.44. The number of H-pyrrole nitrogens is 2. The van der Waals surface area contributed by atoms with Gasteiger partial charge in [-0.25, -0.2) is 0 Å². The standard InChI is InChI=1S/C19H23N5O/c1-25-18-6-4-14(5-7-18)19-17(11-22-23-19)13-24-8-2-3-15(12-24)16-9-20-21-10-16/h4-7,9-11,15H,2-3,8,12-13H2,1H3,(H,20,21)(H,22,23). The Bertz CT molecular complexity index is 794. The Hall–Kier alpha value is -2.60. The number of aromatic amines is 2. The fourth-order valence-electron chi connectivity index (χ4n) is 3.63. The summed E-state index contributed by atoms with van der Waals surface area (Å²) in [5.41, 5.74) is 4.77. The Kier molecular flexibility index (Phi) is 4.52. The van der Waals surface area contributed by atoms with Crippen LogP contribution in [0.5, 0.6) is 5.75 Å². The van der Waals surface area contributed by atoms with Gasteiger partial charge in [0, 0.05) is 30.4 Å². The number of benzene rings is 1. The first-order chi connectivity index (χ1) is 12.3. The quantitative estimate of drug-likeness (QED) is 0.750. The van der Waals surface area contributed by atoms with E-state index in [-0.39, 0.29) is 0 Å². The SMILES string of the molecule is COc1ccc(-c2[nH]ncc2CN2CCCC(c3cn[nH]c3)C2)cc1. The van der Waals surface area contributed by atoms with Gasteiger partial charge in [0.1, 0.15) is 5.75 Å². The Morgan fingerprint density at radius 1 is 1.20 bits per heavy atom. The molecule has 25 heavy (non-hydrogen) atoms. The summed E-state index contributed by atoms with van der Waals surface area (Å²) in [6, 6.07) is 8.10. The molecule has 3 aromatic rings. The first-order valence-corrected chi connectivity index (χ1v) is 8.71. The third-order valence-corrected chi connectivity index (χ3v) is 4.99. The van der Waals surface area contributed by atoms with E-state index >= 15 is 0 Å². The zero-order chi connectivity index (χ0) is 17.1. The Morgan fingerprint density at radius 3 is 2.84 bits per heavy atom. The van der Waals surface area contributed by atoms with Crippen molar-refractivity contribution in [1.82, 2.24) is 25.3 Å². The van der Waals surface area contributed by atoms with E-state index in [9.17, 15) is 0 Å². The first-order valence-electron chi connectivity index (χ1n) is 8.71. The van der Waals surface area contributed by atoms with E-state index in [0.717, 1.165) is 36.6 Å². The van der Waals surface area contributed by atoms with E-state index in [1.54, 1.807) is 7.11 Å². The van der Waals surface area contributed by atoms with E-state index in [4.69, 9.17) is 4.74 Å². The average Bonchev–Trinajstić information content (AvgIpc) is 3.34. The Labute approximate surface area is 147 Å². The summed E-state index contributed by atoms with van der Waals surface area (Å²) in [6.45, 7) is 3.10. The number of aromatic nitrogens is 4. The second-order valence-corrected chi connectivity index (χ2v) is 6.60. The normalized spacial score (nSPS) is 18.4. The number of nitrogens with zero attached hydrogens (tertiary/aromatic N) is 3. The van der Waals surface area contributed by atoms with Gasteiger partial charge in [0.15, 0.2) is 0 Å². The molecule has 6 heteroatoms. The summed E-state index contributed by atoms with van der Waals surface area (Å²) in [4.78, 5) is 2.51. The number of methoxy groups -OCH3 is 1. The minimum Gasteiger partial charge on any atom is -0.497 e. The van der Waals surface area contributed by atoms with Crippen LogP contribution in [0.25, 0.3) is 11.3 Å². The number of rotatable bonds is 5. The van der Waals surface area contributed by atoms with Crippen molar-refractivity contribution in [2.45, 2.75) is 25.3 Å². The smallest absolute Gasteiger partial charge is 0.118 e. The molecule has 0 amide bonds. The van der Waals surface area contributed by atoms with Crippen LogP contribution in [-0.4, -0.2) is 45.5 Å². The summed E-state index contributed by atoms with van der Waals surface area (Å²) >= 11 is 0. The molecule has 1 aliphatic heterocycles. The lowest BCUT2D eigenvalue weighted by molar-refractivity contribution is 0.200. The largest absolute Gasteiger partial charge is 0.497 e. The molecule has 130 valence electrons. The van der Waals surface area contributed by atoms with Crippen LogP contribution < -0.4 is 4.74 Å². The van der Waals surface area contributed by atoms with Crippen LogP contribution in [0.2, 0.25) is 0 Å². The lowest BCUT2D eigenvalue weighted by atomic mass is 9.92. The van der Waals surface area contributed by atoms with Crippen molar-refractivity contribution in [2.75, 3.05) is 20.2 Å². The van der Waals surface area contributed by atoms with Crippen LogP contribution in [0.3, 0.4) is 0 Å². The predicted molar refractivity (Wildman–Crippen MR) is 96.4 cm³/mol. The fraction of sp³-hybridized carbons (Fsp3) is 0.368. The monoisotopic (exact) mass is 337 g/mol. The van der Waals surface area contributed by atoms with Gasteiger partial charge in [0.05, 0.1) is 25.2 Å². The van der Waals surface area contributed by atoms with Crippen LogP contribution in [0, 0.1) is 0 Å². The van der Waals surface area contributed by atoms with Crippen LogP contribution in [0.4, 0.5) is 0 Å². The lowest BCUT2D eigenvalue weighted by Crippen LogP contribution is -2.33. The topological polar surface area (TPSA) is 69.8 Å². The molecule has 0 aliphatic carbocycles. The molecule has 1 unspecified atom stereocenters. The molecule has 4 rings (SSSR count). The van der Waals surface area contributed by atoms with Crippen LogP contribution in [0.1, 0.15) is 29.9 Å². The molecule has 2 aromatic heterocycles. The molecule has 1 fully saturated rings. The van der Waals surface area contributed by atoms with Gasteiger partial charge < -0.3 is 4.74 Å². The molecule has 1 atom stereocenters. The van der Waals surface area contributed by atoms with Crippen LogP contribution in [-0.2, 0) is 6.54 Å². The predicted octanol–water partition coefficient (Wildman–Crippen LogP) is 3.19. The van der Waals surface area contributed by atoms with Crippen LogP contribution in [0.15, 0.2) is 42.9 Å². The fourth-order valence-corrected chi connectivity index (χ4v) is 3.63. The molecule has 6 nitrogen and oxygen atoms in total. The molecular weight excluding hydrogens is 314 g/mol. The maximum Gasteiger partial charge on any atom is 0.118 e. The average molecular weight is 337 g/mol. The second-order valence-electron chi connectivity index (χ2n) is 6.60. The van der Waals surface area contributed by atoms with Crippen molar-refractivity contribution < 1.29 is 4.74 Å². The number of piperidine rings is 1. The molecule has 3 heterocycles. The van der Waals surface area contributed by atoms with Crippen LogP contribution >= 0.6 is 0 Å². The zero-order valence-electron chi connectivity index (χ0n) is 14.4. The van der Waals surface area contributed by atoms with Gasteiger partial charge in [0.25, 0.3) is 0 Å². The van der Waals surface area contributed by atoms with Crippen molar-refractivity contribution in [3.05, 3.63) is 54.0 Å². The summed E-state index contributed by atoms with van der Waals surface area (Å²) in [7, 11) is 1.68. The minimum absolute atomic E-state index is 0.559. The van der Waals surface area contributed by atoms with Crippen molar-refractivity contribution in [2.24, 2.45) is 0 Å². The van der Waals surface area contributed by atoms with E-state index < -0.39 is 0 Å². The molecule has 1 aliphatic rings. The van der Waals surface area contributed by atoms with Crippen molar-refractivity contribution in [3.63, 3.8) is 0 Å². The van der Waals surface area contributed by atoms with E-state index in [2.05, 4.69) is 37.4 Å². The molecule has 0 saturated carbocycles. The lowest BCUT2D eigenvalue weighted by Gasteiger charge is -2.32. The molecule has 1 saturated heterocycles. The summed E-state index contributed by atoms with van der Waals surface area (Å²) < 4.78 is 5.24. The molecular formula is C19H23N5O. The van der Waals surface area contributed by atoms with Gasteiger partial charge in [0.2, 0.25) is 0 Å². The minimum atomic E-state index is 0.559. The maximum absolute atomic E-state index is 5.24. The van der Waals surface area contributed by atoms with E-state index in [1.807, 2.05) is 30.7 Å². The molecule has 0 radical (unpaired) electrons. The van der Waals surface area contributed by atoms with Gasteiger partial charge >= 0.3 is 0 Å². The number of hydrogen-bond acceptors (Lipinski definition) is 4. The Balaban J connectivity index is 1.48. The number of likely N-dealkylation sites (tertiary alicyclic amines) is 1. The highest BCUT2D eigenvalue weighted by molar-refractivity contribution is 5.63. The van der Waals surface area contributed by atoms with Gasteiger partial charge in [-0.2, -0.15) is 10.2 Å². The second kappa shape index (κ2) is 7.11. The maximum atomic E-state index is 5.24. The third-order valence-electron chi connectivity index (χ3n) is 4.99. The summed E-state index contributed by atoms with van der Waals surface area (Å²) in [5.74, 6) is 1.42. The van der Waals surface area contributed by atoms with Crippen molar-refractivity contribution in [3.8, 4) is 17.0 Å². The molecule has 2 N–H and O–H groups in total.